The Kier molecular flexibility index (Phi) is 6.39. The Balaban J connectivity index is 1.92. The first-order valence-corrected chi connectivity index (χ1v) is 8.40. The number of aryl methyl sites for hydroxylation is 3. The molecule has 2 aromatic rings. The maximum absolute atomic E-state index is 12.4. The van der Waals surface area contributed by atoms with Crippen LogP contribution in [0, 0.1) is 20.8 Å². The fourth-order valence-electron chi connectivity index (χ4n) is 2.50. The largest absolute Gasteiger partial charge is 0.497 e. The molecule has 5 heteroatoms. The smallest absolute Gasteiger partial charge is 0.347 e. The molecule has 0 saturated heterocycles. The number of ether oxygens (including phenoxy) is 3. The molecule has 1 unspecified atom stereocenters. The molecule has 2 rings (SSSR count). The minimum atomic E-state index is -0.822. The molecule has 0 aliphatic rings. The van der Waals surface area contributed by atoms with Crippen LogP contribution in [0.25, 0.3) is 0 Å². The summed E-state index contributed by atoms with van der Waals surface area (Å²) >= 11 is 0. The Labute approximate surface area is 153 Å². The fourth-order valence-corrected chi connectivity index (χ4v) is 2.50. The third kappa shape index (κ3) is 4.85. The van der Waals surface area contributed by atoms with Gasteiger partial charge in [0.15, 0.2) is 12.7 Å². The lowest BCUT2D eigenvalue weighted by Gasteiger charge is -2.14. The molecular formula is C21H24O5. The number of hydrogen-bond acceptors (Lipinski definition) is 5. The van der Waals surface area contributed by atoms with Gasteiger partial charge in [0.25, 0.3) is 0 Å². The molecule has 0 saturated carbocycles. The minimum Gasteiger partial charge on any atom is -0.497 e. The van der Waals surface area contributed by atoms with Gasteiger partial charge in [0.1, 0.15) is 11.5 Å². The Morgan fingerprint density at radius 3 is 2.12 bits per heavy atom. The van der Waals surface area contributed by atoms with Crippen LogP contribution in [0.3, 0.4) is 0 Å². The number of rotatable bonds is 7. The van der Waals surface area contributed by atoms with E-state index in [0.717, 1.165) is 16.7 Å². The predicted molar refractivity (Wildman–Crippen MR) is 99.0 cm³/mol. The van der Waals surface area contributed by atoms with E-state index >= 15 is 0 Å². The molecule has 0 N–H and O–H groups in total. The second-order valence-corrected chi connectivity index (χ2v) is 6.22. The van der Waals surface area contributed by atoms with Crippen LogP contribution in [-0.2, 0) is 9.53 Å². The summed E-state index contributed by atoms with van der Waals surface area (Å²) in [5, 5.41) is 0. The zero-order valence-electron chi connectivity index (χ0n) is 15.8. The van der Waals surface area contributed by atoms with Crippen molar-refractivity contribution >= 4 is 11.8 Å². The molecule has 2 aromatic carbocycles. The maximum atomic E-state index is 12.4. The van der Waals surface area contributed by atoms with Gasteiger partial charge in [0.05, 0.1) is 7.11 Å². The highest BCUT2D eigenvalue weighted by molar-refractivity contribution is 5.99. The first kappa shape index (κ1) is 19.5. The van der Waals surface area contributed by atoms with E-state index < -0.39 is 12.1 Å². The summed E-state index contributed by atoms with van der Waals surface area (Å²) in [6, 6.07) is 10.7. The van der Waals surface area contributed by atoms with Gasteiger partial charge >= 0.3 is 5.97 Å². The van der Waals surface area contributed by atoms with Gasteiger partial charge in [-0.2, -0.15) is 0 Å². The van der Waals surface area contributed by atoms with E-state index in [4.69, 9.17) is 14.2 Å². The van der Waals surface area contributed by atoms with Gasteiger partial charge in [-0.05, 0) is 74.7 Å². The van der Waals surface area contributed by atoms with Gasteiger partial charge in [-0.15, -0.1) is 0 Å². The third-order valence-electron chi connectivity index (χ3n) is 4.19. The highest BCUT2D eigenvalue weighted by atomic mass is 16.6. The number of Topliss-reactive ketones (excluding diaryl/α,β-unsaturated/α-hetero) is 1. The summed E-state index contributed by atoms with van der Waals surface area (Å²) in [6.07, 6.45) is -0.822. The molecule has 0 fully saturated rings. The van der Waals surface area contributed by atoms with Crippen molar-refractivity contribution in [2.24, 2.45) is 0 Å². The predicted octanol–water partition coefficient (Wildman–Crippen LogP) is 3.81. The van der Waals surface area contributed by atoms with Crippen LogP contribution in [0.2, 0.25) is 0 Å². The van der Waals surface area contributed by atoms with Crippen molar-refractivity contribution < 1.29 is 23.8 Å². The molecule has 0 aromatic heterocycles. The van der Waals surface area contributed by atoms with Crippen molar-refractivity contribution in [3.8, 4) is 11.5 Å². The minimum absolute atomic E-state index is 0.226. The zero-order chi connectivity index (χ0) is 19.3. The van der Waals surface area contributed by atoms with Gasteiger partial charge in [-0.25, -0.2) is 4.79 Å². The normalized spacial score (nSPS) is 11.6. The van der Waals surface area contributed by atoms with Crippen LogP contribution in [-0.4, -0.2) is 31.6 Å². The van der Waals surface area contributed by atoms with Crippen molar-refractivity contribution in [3.63, 3.8) is 0 Å². The number of ketones is 1. The SMILES string of the molecule is COc1ccc(OC(C)C(=O)OCC(=O)c2cc(C)c(C)cc2C)cc1. The summed E-state index contributed by atoms with van der Waals surface area (Å²) in [6.45, 7) is 7.09. The number of carbonyl (C=O) groups excluding carboxylic acids is 2. The summed E-state index contributed by atoms with van der Waals surface area (Å²) in [7, 11) is 1.57. The van der Waals surface area contributed by atoms with Crippen molar-refractivity contribution in [1.29, 1.82) is 0 Å². The second kappa shape index (κ2) is 8.52. The van der Waals surface area contributed by atoms with Crippen LogP contribution in [0.15, 0.2) is 36.4 Å². The Morgan fingerprint density at radius 2 is 1.50 bits per heavy atom. The van der Waals surface area contributed by atoms with E-state index in [-0.39, 0.29) is 12.4 Å². The van der Waals surface area contributed by atoms with Crippen molar-refractivity contribution in [3.05, 3.63) is 58.7 Å². The van der Waals surface area contributed by atoms with E-state index in [1.807, 2.05) is 32.9 Å². The van der Waals surface area contributed by atoms with Gasteiger partial charge in [0.2, 0.25) is 5.78 Å². The van der Waals surface area contributed by atoms with E-state index in [1.165, 1.54) is 0 Å². The van der Waals surface area contributed by atoms with E-state index in [9.17, 15) is 9.59 Å². The first-order valence-electron chi connectivity index (χ1n) is 8.40. The standard InChI is InChI=1S/C21H24O5/c1-13-10-15(3)19(11-14(13)2)20(22)12-25-21(23)16(4)26-18-8-6-17(24-5)7-9-18/h6-11,16H,12H2,1-5H3. The van der Waals surface area contributed by atoms with Crippen LogP contribution >= 0.6 is 0 Å². The molecule has 0 radical (unpaired) electrons. The van der Waals surface area contributed by atoms with Crippen LogP contribution in [0.1, 0.15) is 34.0 Å². The van der Waals surface area contributed by atoms with Crippen molar-refractivity contribution in [2.45, 2.75) is 33.8 Å². The molecule has 0 heterocycles. The average molecular weight is 356 g/mol. The second-order valence-electron chi connectivity index (χ2n) is 6.22. The molecule has 0 amide bonds. The van der Waals surface area contributed by atoms with Gasteiger partial charge in [-0.1, -0.05) is 6.07 Å². The number of carbonyl (C=O) groups is 2. The fraction of sp³-hybridized carbons (Fsp3) is 0.333. The van der Waals surface area contributed by atoms with Crippen molar-refractivity contribution in [1.82, 2.24) is 0 Å². The summed E-state index contributed by atoms with van der Waals surface area (Å²) in [4.78, 5) is 24.4. The Hall–Kier alpha value is -2.82. The van der Waals surface area contributed by atoms with Gasteiger partial charge in [-0.3, -0.25) is 4.79 Å². The topological polar surface area (TPSA) is 61.8 Å². The van der Waals surface area contributed by atoms with Crippen LogP contribution in [0.4, 0.5) is 0 Å². The molecule has 0 bridgehead atoms. The quantitative estimate of drug-likeness (QED) is 0.558. The summed E-state index contributed by atoms with van der Waals surface area (Å²) < 4.78 is 15.7. The Morgan fingerprint density at radius 1 is 0.923 bits per heavy atom. The molecule has 26 heavy (non-hydrogen) atoms. The molecular weight excluding hydrogens is 332 g/mol. The van der Waals surface area contributed by atoms with Crippen molar-refractivity contribution in [2.75, 3.05) is 13.7 Å². The number of methoxy groups -OCH3 is 1. The molecule has 0 aliphatic heterocycles. The highest BCUT2D eigenvalue weighted by Crippen LogP contribution is 2.19. The lowest BCUT2D eigenvalue weighted by Crippen LogP contribution is -2.28. The summed E-state index contributed by atoms with van der Waals surface area (Å²) in [5.74, 6) is 0.403. The monoisotopic (exact) mass is 356 g/mol. The highest BCUT2D eigenvalue weighted by Gasteiger charge is 2.19. The summed E-state index contributed by atoms with van der Waals surface area (Å²) in [5.41, 5.74) is 3.60. The average Bonchev–Trinajstić information content (AvgIpc) is 2.63. The van der Waals surface area contributed by atoms with E-state index in [0.29, 0.717) is 17.1 Å². The third-order valence-corrected chi connectivity index (χ3v) is 4.19. The van der Waals surface area contributed by atoms with Gasteiger partial charge in [0, 0.05) is 5.56 Å². The van der Waals surface area contributed by atoms with Crippen LogP contribution in [0.5, 0.6) is 11.5 Å². The van der Waals surface area contributed by atoms with E-state index in [2.05, 4.69) is 0 Å². The zero-order valence-corrected chi connectivity index (χ0v) is 15.8. The molecule has 5 nitrogen and oxygen atoms in total. The number of benzene rings is 2. The molecule has 1 atom stereocenters. The van der Waals surface area contributed by atoms with Gasteiger partial charge < -0.3 is 14.2 Å². The lowest BCUT2D eigenvalue weighted by molar-refractivity contribution is -0.149. The molecule has 0 spiro atoms. The first-order chi connectivity index (χ1) is 12.3. The number of esters is 1. The lowest BCUT2D eigenvalue weighted by atomic mass is 9.98. The van der Waals surface area contributed by atoms with E-state index in [1.54, 1.807) is 38.3 Å². The van der Waals surface area contributed by atoms with Crippen LogP contribution < -0.4 is 9.47 Å². The Bertz CT molecular complexity index is 793. The maximum Gasteiger partial charge on any atom is 0.347 e. The molecule has 0 aliphatic carbocycles. The molecule has 138 valence electrons. The number of hydrogen-bond donors (Lipinski definition) is 0.